The Morgan fingerprint density at radius 2 is 0.760 bits per heavy atom. The molecule has 0 saturated carbocycles. The van der Waals surface area contributed by atoms with Gasteiger partial charge in [0.05, 0.1) is 0 Å². The van der Waals surface area contributed by atoms with Gasteiger partial charge in [-0.1, -0.05) is 90.9 Å². The standard InChI is InChI=1S/2C10H20O2.Cd/c2*1-2-3-4-5-6-7-8-9-10(11)12;/h2*2-9H2,1H3,(H,11,12);/q;;+2/p-2. The maximum absolute atomic E-state index is 10.0. The molecule has 0 bridgehead atoms. The van der Waals surface area contributed by atoms with E-state index in [1.807, 2.05) is 0 Å². The first-order valence-electron chi connectivity index (χ1n) is 9.94. The van der Waals surface area contributed by atoms with E-state index >= 15 is 0 Å². The first-order valence-corrected chi connectivity index (χ1v) is 9.94. The Bertz CT molecular complexity index is 255. The molecule has 5 heteroatoms. The van der Waals surface area contributed by atoms with Crippen molar-refractivity contribution >= 4 is 11.9 Å². The predicted octanol–water partition coefficient (Wildman–Crippen LogP) is 3.75. The fraction of sp³-hybridized carbons (Fsp3) is 0.900. The molecule has 0 spiro atoms. The van der Waals surface area contributed by atoms with Crippen LogP contribution in [0, 0.1) is 0 Å². The first kappa shape index (κ1) is 29.6. The zero-order valence-electron chi connectivity index (χ0n) is 16.7. The van der Waals surface area contributed by atoms with Gasteiger partial charge in [-0.15, -0.1) is 0 Å². The third-order valence-corrected chi connectivity index (χ3v) is 3.97. The van der Waals surface area contributed by atoms with Crippen molar-refractivity contribution in [1.82, 2.24) is 0 Å². The Morgan fingerprint density at radius 1 is 0.520 bits per heavy atom. The van der Waals surface area contributed by atoms with Gasteiger partial charge in [0.1, 0.15) is 0 Å². The van der Waals surface area contributed by atoms with Gasteiger partial charge in [-0.2, -0.15) is 0 Å². The number of carbonyl (C=O) groups is 2. The molecule has 0 aromatic carbocycles. The van der Waals surface area contributed by atoms with Crippen LogP contribution in [0.1, 0.15) is 117 Å². The normalized spacial score (nSPS) is 9.68. The average Bonchev–Trinajstić information content (AvgIpc) is 2.53. The first-order chi connectivity index (χ1) is 11.5. The summed E-state index contributed by atoms with van der Waals surface area (Å²) in [7, 11) is 0. The molecule has 0 fully saturated rings. The minimum atomic E-state index is -0.913. The Hall–Kier alpha value is -0.138. The molecule has 0 rings (SSSR count). The number of carboxylic acids is 2. The fourth-order valence-electron chi connectivity index (χ4n) is 2.45. The second kappa shape index (κ2) is 26.1. The largest absolute Gasteiger partial charge is 2.00 e. The van der Waals surface area contributed by atoms with Crippen LogP contribution < -0.4 is 10.2 Å². The van der Waals surface area contributed by atoms with Crippen LogP contribution in [0.15, 0.2) is 0 Å². The van der Waals surface area contributed by atoms with E-state index in [2.05, 4.69) is 13.8 Å². The monoisotopic (exact) mass is 456 g/mol. The third-order valence-electron chi connectivity index (χ3n) is 3.97. The maximum Gasteiger partial charge on any atom is 2.00 e. The van der Waals surface area contributed by atoms with Gasteiger partial charge >= 0.3 is 27.3 Å². The van der Waals surface area contributed by atoms with Crippen LogP contribution in [0.25, 0.3) is 0 Å². The molecule has 0 aromatic rings. The smallest absolute Gasteiger partial charge is 0.550 e. The molecular weight excluding hydrogens is 417 g/mol. The van der Waals surface area contributed by atoms with E-state index < -0.39 is 11.9 Å². The van der Waals surface area contributed by atoms with Crippen molar-refractivity contribution in [3.05, 3.63) is 0 Å². The SMILES string of the molecule is CCCCCCCCCC(=O)[O-].CCCCCCCCCC(=O)[O-].[Cd+2]. The summed E-state index contributed by atoms with van der Waals surface area (Å²) < 4.78 is 0. The molecule has 0 saturated heterocycles. The van der Waals surface area contributed by atoms with Gasteiger partial charge in [0.2, 0.25) is 0 Å². The zero-order valence-corrected chi connectivity index (χ0v) is 20.7. The molecule has 0 heterocycles. The van der Waals surface area contributed by atoms with Crippen LogP contribution in [0.3, 0.4) is 0 Å². The average molecular weight is 455 g/mol. The van der Waals surface area contributed by atoms with E-state index in [0.29, 0.717) is 0 Å². The molecule has 0 N–H and O–H groups in total. The molecule has 0 radical (unpaired) electrons. The molecular formula is C20H38CdO4. The molecule has 0 amide bonds. The van der Waals surface area contributed by atoms with Crippen LogP contribution in [0.5, 0.6) is 0 Å². The van der Waals surface area contributed by atoms with E-state index in [0.717, 1.165) is 25.7 Å². The van der Waals surface area contributed by atoms with Gasteiger partial charge in [0.15, 0.2) is 0 Å². The summed E-state index contributed by atoms with van der Waals surface area (Å²) in [6.07, 6.45) is 16.7. The molecule has 0 aromatic heterocycles. The molecule has 0 aliphatic rings. The third kappa shape index (κ3) is 35.7. The van der Waals surface area contributed by atoms with Gasteiger partial charge < -0.3 is 19.8 Å². The Balaban J connectivity index is -0.000000372. The van der Waals surface area contributed by atoms with Crippen molar-refractivity contribution in [2.24, 2.45) is 0 Å². The minimum Gasteiger partial charge on any atom is -0.550 e. The topological polar surface area (TPSA) is 80.3 Å². The van der Waals surface area contributed by atoms with Crippen molar-refractivity contribution in [2.75, 3.05) is 0 Å². The number of hydrogen-bond donors (Lipinski definition) is 0. The van der Waals surface area contributed by atoms with E-state index in [1.165, 1.54) is 64.2 Å². The van der Waals surface area contributed by atoms with Crippen LogP contribution in [-0.2, 0) is 36.9 Å². The molecule has 0 aliphatic carbocycles. The number of aliphatic carboxylic acids is 2. The van der Waals surface area contributed by atoms with Crippen LogP contribution in [0.2, 0.25) is 0 Å². The summed E-state index contributed by atoms with van der Waals surface area (Å²) >= 11 is 0. The second-order valence-electron chi connectivity index (χ2n) is 6.49. The Morgan fingerprint density at radius 3 is 1.00 bits per heavy atom. The summed E-state index contributed by atoms with van der Waals surface area (Å²) in [5, 5.41) is 20.0. The van der Waals surface area contributed by atoms with Gasteiger partial charge in [-0.3, -0.25) is 0 Å². The summed E-state index contributed by atoms with van der Waals surface area (Å²) in [5.74, 6) is -1.83. The molecule has 0 aliphatic heterocycles. The van der Waals surface area contributed by atoms with Gasteiger partial charge in [0, 0.05) is 11.9 Å². The van der Waals surface area contributed by atoms with Gasteiger partial charge in [-0.25, -0.2) is 0 Å². The van der Waals surface area contributed by atoms with Gasteiger partial charge in [-0.05, 0) is 25.7 Å². The molecule has 0 atom stereocenters. The van der Waals surface area contributed by atoms with Gasteiger partial charge in [0.25, 0.3) is 0 Å². The van der Waals surface area contributed by atoms with Crippen LogP contribution >= 0.6 is 0 Å². The Labute approximate surface area is 175 Å². The number of rotatable bonds is 16. The quantitative estimate of drug-likeness (QED) is 0.263. The minimum absolute atomic E-state index is 0. The van der Waals surface area contributed by atoms with E-state index in [1.54, 1.807) is 0 Å². The molecule has 4 nitrogen and oxygen atoms in total. The number of hydrogen-bond acceptors (Lipinski definition) is 4. The second-order valence-corrected chi connectivity index (χ2v) is 6.49. The van der Waals surface area contributed by atoms with E-state index in [4.69, 9.17) is 0 Å². The summed E-state index contributed by atoms with van der Waals surface area (Å²) in [6, 6.07) is 0. The van der Waals surface area contributed by atoms with Crippen molar-refractivity contribution in [3.63, 3.8) is 0 Å². The van der Waals surface area contributed by atoms with E-state index in [-0.39, 0.29) is 40.1 Å². The predicted molar refractivity (Wildman–Crippen MR) is 95.2 cm³/mol. The molecule has 25 heavy (non-hydrogen) atoms. The summed E-state index contributed by atoms with van der Waals surface area (Å²) in [4.78, 5) is 20.0. The number of carbonyl (C=O) groups excluding carboxylic acids is 2. The van der Waals surface area contributed by atoms with Crippen LogP contribution in [-0.4, -0.2) is 11.9 Å². The van der Waals surface area contributed by atoms with Crippen LogP contribution in [0.4, 0.5) is 0 Å². The summed E-state index contributed by atoms with van der Waals surface area (Å²) in [6.45, 7) is 4.38. The number of unbranched alkanes of at least 4 members (excludes halogenated alkanes) is 12. The van der Waals surface area contributed by atoms with E-state index in [9.17, 15) is 19.8 Å². The van der Waals surface area contributed by atoms with Crippen molar-refractivity contribution in [3.8, 4) is 0 Å². The fourth-order valence-corrected chi connectivity index (χ4v) is 2.45. The Kier molecular flexibility index (Phi) is 30.9. The molecule has 144 valence electrons. The zero-order chi connectivity index (χ0) is 18.5. The number of carboxylic acid groups (broad SMARTS) is 2. The van der Waals surface area contributed by atoms with Crippen molar-refractivity contribution in [2.45, 2.75) is 117 Å². The molecule has 0 unspecified atom stereocenters. The maximum atomic E-state index is 10.0. The van der Waals surface area contributed by atoms with Crippen molar-refractivity contribution in [1.29, 1.82) is 0 Å². The summed E-state index contributed by atoms with van der Waals surface area (Å²) in [5.41, 5.74) is 0. The van der Waals surface area contributed by atoms with Crippen molar-refractivity contribution < 1.29 is 47.1 Å².